The molecule has 1 unspecified atom stereocenters. The average molecular weight is 438 g/mol. The van der Waals surface area contributed by atoms with Crippen LogP contribution in [0.3, 0.4) is 0 Å². The highest BCUT2D eigenvalue weighted by Gasteiger charge is 2.26. The van der Waals surface area contributed by atoms with E-state index in [1.165, 1.54) is 18.4 Å². The number of para-hydroxylation sites is 1. The molecule has 2 aliphatic rings. The molecule has 32 heavy (non-hydrogen) atoms. The van der Waals surface area contributed by atoms with Crippen LogP contribution in [0.25, 0.3) is 0 Å². The number of hydrogen-bond donors (Lipinski definition) is 2. The lowest BCUT2D eigenvalue weighted by Crippen LogP contribution is -2.39. The van der Waals surface area contributed by atoms with Gasteiger partial charge in [0, 0.05) is 31.7 Å². The van der Waals surface area contributed by atoms with Gasteiger partial charge in [-0.25, -0.2) is 0 Å². The lowest BCUT2D eigenvalue weighted by Gasteiger charge is -2.24. The third kappa shape index (κ3) is 5.51. The highest BCUT2D eigenvalue weighted by Crippen LogP contribution is 2.28. The van der Waals surface area contributed by atoms with E-state index in [1.807, 2.05) is 35.2 Å². The van der Waals surface area contributed by atoms with E-state index in [0.29, 0.717) is 19.5 Å². The molecule has 7 heteroatoms. The topological polar surface area (TPSA) is 73.1 Å². The van der Waals surface area contributed by atoms with Gasteiger partial charge in [0.05, 0.1) is 18.8 Å². The third-order valence-corrected chi connectivity index (χ3v) is 6.27. The number of furan rings is 1. The van der Waals surface area contributed by atoms with Crippen molar-refractivity contribution in [2.45, 2.75) is 45.1 Å². The number of nitrogens with one attached hydrogen (secondary N) is 2. The van der Waals surface area contributed by atoms with E-state index in [4.69, 9.17) is 9.41 Å². The van der Waals surface area contributed by atoms with Crippen LogP contribution in [0.5, 0.6) is 0 Å². The molecule has 0 saturated carbocycles. The van der Waals surface area contributed by atoms with Gasteiger partial charge in [-0.3, -0.25) is 14.7 Å². The summed E-state index contributed by atoms with van der Waals surface area (Å²) < 4.78 is 5.71. The number of guanidine groups is 1. The zero-order valence-corrected chi connectivity index (χ0v) is 19.1. The first kappa shape index (κ1) is 22.4. The highest BCUT2D eigenvalue weighted by molar-refractivity contribution is 5.95. The van der Waals surface area contributed by atoms with E-state index in [9.17, 15) is 4.79 Å². The van der Waals surface area contributed by atoms with Crippen molar-refractivity contribution in [3.05, 3.63) is 54.0 Å². The Hall–Kier alpha value is -2.80. The van der Waals surface area contributed by atoms with E-state index in [1.54, 1.807) is 6.26 Å². The summed E-state index contributed by atoms with van der Waals surface area (Å²) in [6.07, 6.45) is 6.45. The molecule has 2 aromatic rings. The van der Waals surface area contributed by atoms with Crippen molar-refractivity contribution in [1.29, 1.82) is 0 Å². The minimum absolute atomic E-state index is 0.166. The second-order valence-electron chi connectivity index (χ2n) is 8.45. The zero-order valence-electron chi connectivity index (χ0n) is 19.1. The fourth-order valence-electron chi connectivity index (χ4n) is 4.62. The Morgan fingerprint density at radius 2 is 1.97 bits per heavy atom. The van der Waals surface area contributed by atoms with E-state index in [2.05, 4.69) is 28.5 Å². The predicted molar refractivity (Wildman–Crippen MR) is 128 cm³/mol. The largest absolute Gasteiger partial charge is 0.468 e. The molecule has 2 aliphatic heterocycles. The Morgan fingerprint density at radius 3 is 2.75 bits per heavy atom. The van der Waals surface area contributed by atoms with Crippen LogP contribution >= 0.6 is 0 Å². The fourth-order valence-corrected chi connectivity index (χ4v) is 4.62. The Labute approximate surface area is 190 Å². The van der Waals surface area contributed by atoms with Gasteiger partial charge in [0.15, 0.2) is 5.96 Å². The number of aliphatic imine (C=N–C) groups is 1. The zero-order chi connectivity index (χ0) is 22.2. The molecule has 7 nitrogen and oxygen atoms in total. The summed E-state index contributed by atoms with van der Waals surface area (Å²) in [5.74, 6) is 1.97. The van der Waals surface area contributed by atoms with Gasteiger partial charge in [-0.1, -0.05) is 18.2 Å². The second-order valence-corrected chi connectivity index (χ2v) is 8.45. The minimum atomic E-state index is 0.166. The summed E-state index contributed by atoms with van der Waals surface area (Å²) in [6, 6.07) is 12.4. The second kappa shape index (κ2) is 11.2. The Balaban J connectivity index is 1.27. The number of benzene rings is 1. The number of carbonyl (C=O) groups excluding carboxylic acids is 1. The van der Waals surface area contributed by atoms with Crippen LogP contribution < -0.4 is 15.5 Å². The molecular weight excluding hydrogens is 402 g/mol. The van der Waals surface area contributed by atoms with Gasteiger partial charge in [0.2, 0.25) is 5.91 Å². The molecule has 1 saturated heterocycles. The number of nitrogens with zero attached hydrogens (tertiary/aromatic N) is 3. The lowest BCUT2D eigenvalue weighted by atomic mass is 10.2. The van der Waals surface area contributed by atoms with Crippen molar-refractivity contribution in [1.82, 2.24) is 15.5 Å². The van der Waals surface area contributed by atoms with Gasteiger partial charge in [-0.2, -0.15) is 0 Å². The van der Waals surface area contributed by atoms with Gasteiger partial charge >= 0.3 is 0 Å². The molecular formula is C25H35N5O2. The Morgan fingerprint density at radius 1 is 1.12 bits per heavy atom. The van der Waals surface area contributed by atoms with Gasteiger partial charge < -0.3 is 20.0 Å². The minimum Gasteiger partial charge on any atom is -0.468 e. The summed E-state index contributed by atoms with van der Waals surface area (Å²) in [6.45, 7) is 7.19. The van der Waals surface area contributed by atoms with Crippen LogP contribution in [0.2, 0.25) is 0 Å². The van der Waals surface area contributed by atoms with Gasteiger partial charge in [-0.05, 0) is 69.5 Å². The predicted octanol–water partition coefficient (Wildman–Crippen LogP) is 3.34. The quantitative estimate of drug-likeness (QED) is 0.358. The fraction of sp³-hybridized carbons (Fsp3) is 0.520. The van der Waals surface area contributed by atoms with Crippen molar-refractivity contribution >= 4 is 17.6 Å². The number of rotatable bonds is 9. The number of likely N-dealkylation sites (tertiary alicyclic amines) is 1. The number of fused-ring (bicyclic) bond motifs is 1. The monoisotopic (exact) mass is 437 g/mol. The van der Waals surface area contributed by atoms with Crippen molar-refractivity contribution in [3.8, 4) is 0 Å². The first-order valence-corrected chi connectivity index (χ1v) is 11.9. The number of anilines is 1. The maximum Gasteiger partial charge on any atom is 0.227 e. The van der Waals surface area contributed by atoms with Gasteiger partial charge in [0.25, 0.3) is 0 Å². The standard InChI is InChI=1S/C25H35N5O2/c1-2-26-25(28-19-22(23-11-8-18-32-23)29-15-5-6-16-29)27-14-7-12-24(31)30-17-13-20-9-3-4-10-21(20)30/h3-4,8-11,18,22H,2,5-7,12-17,19H2,1H3,(H2,26,27,28). The van der Waals surface area contributed by atoms with E-state index in [-0.39, 0.29) is 11.9 Å². The van der Waals surface area contributed by atoms with Gasteiger partial charge in [0.1, 0.15) is 5.76 Å². The Bertz CT molecular complexity index is 889. The first-order chi connectivity index (χ1) is 15.8. The maximum absolute atomic E-state index is 12.7. The van der Waals surface area contributed by atoms with Crippen LogP contribution in [0.15, 0.2) is 52.1 Å². The highest BCUT2D eigenvalue weighted by atomic mass is 16.3. The van der Waals surface area contributed by atoms with Crippen molar-refractivity contribution in [2.24, 2.45) is 4.99 Å². The summed E-state index contributed by atoms with van der Waals surface area (Å²) in [4.78, 5) is 21.9. The lowest BCUT2D eigenvalue weighted by molar-refractivity contribution is -0.118. The molecule has 0 spiro atoms. The summed E-state index contributed by atoms with van der Waals surface area (Å²) in [7, 11) is 0. The molecule has 172 valence electrons. The molecule has 1 aromatic carbocycles. The average Bonchev–Trinajstić information content (AvgIpc) is 3.58. The third-order valence-electron chi connectivity index (χ3n) is 6.27. The normalized spacial score (nSPS) is 17.4. The molecule has 1 aromatic heterocycles. The van der Waals surface area contributed by atoms with Crippen LogP contribution in [0, 0.1) is 0 Å². The molecule has 0 aliphatic carbocycles. The summed E-state index contributed by atoms with van der Waals surface area (Å²) in [5, 5.41) is 6.72. The smallest absolute Gasteiger partial charge is 0.227 e. The van der Waals surface area contributed by atoms with Crippen molar-refractivity contribution in [3.63, 3.8) is 0 Å². The number of amides is 1. The van der Waals surface area contributed by atoms with Crippen LogP contribution in [0.1, 0.15) is 50.0 Å². The SMILES string of the molecule is CCNC(=NCC(c1ccco1)N1CCCC1)NCCCC(=O)N1CCc2ccccc21. The van der Waals surface area contributed by atoms with Crippen LogP contribution in [-0.2, 0) is 11.2 Å². The Kier molecular flexibility index (Phi) is 7.82. The number of carbonyl (C=O) groups is 1. The van der Waals surface area contributed by atoms with Crippen molar-refractivity contribution in [2.75, 3.05) is 44.2 Å². The number of hydrogen-bond acceptors (Lipinski definition) is 4. The van der Waals surface area contributed by atoms with Crippen LogP contribution in [0.4, 0.5) is 5.69 Å². The van der Waals surface area contributed by atoms with E-state index in [0.717, 1.165) is 56.4 Å². The van der Waals surface area contributed by atoms with Gasteiger partial charge in [-0.15, -0.1) is 0 Å². The maximum atomic E-state index is 12.7. The molecule has 2 N–H and O–H groups in total. The summed E-state index contributed by atoms with van der Waals surface area (Å²) in [5.41, 5.74) is 2.34. The molecule has 1 fully saturated rings. The molecule has 1 amide bonds. The molecule has 4 rings (SSSR count). The first-order valence-electron chi connectivity index (χ1n) is 11.9. The van der Waals surface area contributed by atoms with Crippen LogP contribution in [-0.4, -0.2) is 56.0 Å². The summed E-state index contributed by atoms with van der Waals surface area (Å²) >= 11 is 0. The van der Waals surface area contributed by atoms with E-state index < -0.39 is 0 Å². The van der Waals surface area contributed by atoms with Crippen molar-refractivity contribution < 1.29 is 9.21 Å². The molecule has 1 atom stereocenters. The molecule has 0 radical (unpaired) electrons. The van der Waals surface area contributed by atoms with E-state index >= 15 is 0 Å². The molecule has 0 bridgehead atoms. The molecule has 3 heterocycles.